The summed E-state index contributed by atoms with van der Waals surface area (Å²) in [5, 5.41) is 18.3. The third-order valence-electron chi connectivity index (χ3n) is 2.92. The number of unbranched alkanes of at least 4 members (excludes halogenated alkanes) is 1. The molecule has 0 bridgehead atoms. The van der Waals surface area contributed by atoms with Crippen molar-refractivity contribution in [3.05, 3.63) is 0 Å². The number of ether oxygens (including phenoxy) is 1. The molecule has 6 nitrogen and oxygen atoms in total. The van der Waals surface area contributed by atoms with Gasteiger partial charge in [0.05, 0.1) is 18.8 Å². The minimum atomic E-state index is -1.46. The largest absolute Gasteiger partial charge is 0.374 e. The molecular weight excluding hydrogens is 260 g/mol. The van der Waals surface area contributed by atoms with Crippen LogP contribution in [0.15, 0.2) is 0 Å². The van der Waals surface area contributed by atoms with E-state index in [9.17, 15) is 4.79 Å². The number of carbonyl (C=O) groups is 1. The van der Waals surface area contributed by atoms with Crippen molar-refractivity contribution in [2.24, 2.45) is 5.73 Å². The third-order valence-corrected chi connectivity index (χ3v) is 2.92. The van der Waals surface area contributed by atoms with Crippen LogP contribution in [0.2, 0.25) is 0 Å². The molecule has 0 aliphatic carbocycles. The van der Waals surface area contributed by atoms with Crippen LogP contribution in [0.1, 0.15) is 40.0 Å². The van der Waals surface area contributed by atoms with E-state index in [1.165, 1.54) is 0 Å². The highest BCUT2D eigenvalue weighted by Crippen LogP contribution is 2.14. The monoisotopic (exact) mass is 290 g/mol. The maximum atomic E-state index is 10.8. The van der Waals surface area contributed by atoms with E-state index in [-0.39, 0.29) is 24.7 Å². The first-order valence-corrected chi connectivity index (χ1v) is 7.18. The zero-order valence-corrected chi connectivity index (χ0v) is 12.9. The van der Waals surface area contributed by atoms with Crippen LogP contribution in [0.4, 0.5) is 0 Å². The molecule has 20 heavy (non-hydrogen) atoms. The second-order valence-electron chi connectivity index (χ2n) is 5.96. The number of aldehydes is 1. The number of aliphatic hydroxyl groups excluding tert-OH is 1. The van der Waals surface area contributed by atoms with Gasteiger partial charge in [-0.15, -0.1) is 0 Å². The highest BCUT2D eigenvalue weighted by atomic mass is 16.5. The van der Waals surface area contributed by atoms with Gasteiger partial charge in [-0.1, -0.05) is 6.42 Å². The van der Waals surface area contributed by atoms with Crippen molar-refractivity contribution in [3.63, 3.8) is 0 Å². The molecule has 0 amide bonds. The van der Waals surface area contributed by atoms with Crippen LogP contribution in [0.3, 0.4) is 0 Å². The van der Waals surface area contributed by atoms with Crippen molar-refractivity contribution in [3.8, 4) is 0 Å². The summed E-state index contributed by atoms with van der Waals surface area (Å²) in [5.74, 6) is 0. The summed E-state index contributed by atoms with van der Waals surface area (Å²) in [5.41, 5.74) is 5.23. The summed E-state index contributed by atoms with van der Waals surface area (Å²) in [4.78, 5) is 12.5. The Morgan fingerprint density at radius 3 is 2.40 bits per heavy atom. The molecule has 0 rings (SSSR count). The van der Waals surface area contributed by atoms with Crippen molar-refractivity contribution < 1.29 is 19.7 Å². The first kappa shape index (κ1) is 19.5. The van der Waals surface area contributed by atoms with Gasteiger partial charge < -0.3 is 25.5 Å². The lowest BCUT2D eigenvalue weighted by Gasteiger charge is -2.33. The zero-order chi connectivity index (χ0) is 15.6. The smallest absolute Gasteiger partial charge is 0.164 e. The van der Waals surface area contributed by atoms with Crippen molar-refractivity contribution in [2.45, 2.75) is 58.0 Å². The van der Waals surface area contributed by atoms with Crippen molar-refractivity contribution in [1.82, 2.24) is 4.90 Å². The number of aliphatic hydroxyl groups is 2. The first-order valence-electron chi connectivity index (χ1n) is 7.18. The third kappa shape index (κ3) is 10.3. The Bertz CT molecular complexity index is 254. The molecule has 0 aromatic carbocycles. The van der Waals surface area contributed by atoms with Crippen molar-refractivity contribution >= 4 is 6.29 Å². The molecule has 0 radical (unpaired) electrons. The molecule has 0 aliphatic rings. The summed E-state index contributed by atoms with van der Waals surface area (Å²) < 4.78 is 5.78. The maximum absolute atomic E-state index is 10.8. The van der Waals surface area contributed by atoms with Gasteiger partial charge in [-0.2, -0.15) is 0 Å². The minimum absolute atomic E-state index is 0.0206. The molecule has 0 aliphatic heterocycles. The van der Waals surface area contributed by atoms with Gasteiger partial charge in [-0.25, -0.2) is 0 Å². The lowest BCUT2D eigenvalue weighted by molar-refractivity contribution is -0.114. The molecule has 0 heterocycles. The summed E-state index contributed by atoms with van der Waals surface area (Å²) in [6, 6.07) is -0.0206. The highest BCUT2D eigenvalue weighted by molar-refractivity contribution is 5.52. The standard InChI is InChI=1S/C14H30N2O4/c1-14(2,3)20-11-12(6-4-5-7-15)16(8-9-17)10-13(18)19/h9,12-13,18-19H,4-8,10-11,15H2,1-3H3. The topological polar surface area (TPSA) is 96.0 Å². The molecule has 1 unspecified atom stereocenters. The van der Waals surface area contributed by atoms with Crippen LogP contribution in [0.25, 0.3) is 0 Å². The Kier molecular flexibility index (Phi) is 9.96. The second kappa shape index (κ2) is 10.2. The van der Waals surface area contributed by atoms with Gasteiger partial charge in [-0.3, -0.25) is 4.90 Å². The van der Waals surface area contributed by atoms with E-state index in [1.807, 2.05) is 20.8 Å². The number of nitrogens with two attached hydrogens (primary N) is 1. The van der Waals surface area contributed by atoms with Crippen LogP contribution in [0, 0.1) is 0 Å². The van der Waals surface area contributed by atoms with Gasteiger partial charge >= 0.3 is 0 Å². The van der Waals surface area contributed by atoms with E-state index in [0.717, 1.165) is 25.5 Å². The minimum Gasteiger partial charge on any atom is -0.374 e. The molecule has 0 saturated carbocycles. The maximum Gasteiger partial charge on any atom is 0.164 e. The molecule has 0 aromatic heterocycles. The normalized spacial score (nSPS) is 14.0. The quantitative estimate of drug-likeness (QED) is 0.284. The number of rotatable bonds is 11. The number of nitrogens with zero attached hydrogens (tertiary/aromatic N) is 1. The second-order valence-corrected chi connectivity index (χ2v) is 5.96. The Hall–Kier alpha value is -0.530. The fourth-order valence-corrected chi connectivity index (χ4v) is 1.92. The summed E-state index contributed by atoms with van der Waals surface area (Å²) >= 11 is 0. The Morgan fingerprint density at radius 2 is 1.95 bits per heavy atom. The fourth-order valence-electron chi connectivity index (χ4n) is 1.92. The van der Waals surface area contributed by atoms with E-state index in [2.05, 4.69) is 0 Å². The van der Waals surface area contributed by atoms with E-state index >= 15 is 0 Å². The number of carbonyl (C=O) groups excluding carboxylic acids is 1. The number of hydrogen-bond donors (Lipinski definition) is 3. The summed E-state index contributed by atoms with van der Waals surface area (Å²) in [6.07, 6.45) is 1.96. The molecule has 0 aromatic rings. The van der Waals surface area contributed by atoms with Gasteiger partial charge in [0.25, 0.3) is 0 Å². The Morgan fingerprint density at radius 1 is 1.30 bits per heavy atom. The molecule has 0 fully saturated rings. The average molecular weight is 290 g/mol. The lowest BCUT2D eigenvalue weighted by atomic mass is 10.1. The molecule has 6 heteroatoms. The Labute approximate surface area is 121 Å². The van der Waals surface area contributed by atoms with Gasteiger partial charge in [0, 0.05) is 12.6 Å². The van der Waals surface area contributed by atoms with Crippen LogP contribution >= 0.6 is 0 Å². The van der Waals surface area contributed by atoms with Crippen LogP contribution in [0.5, 0.6) is 0 Å². The summed E-state index contributed by atoms with van der Waals surface area (Å²) in [6.45, 7) is 7.19. The molecule has 120 valence electrons. The predicted molar refractivity (Wildman–Crippen MR) is 78.3 cm³/mol. The molecular formula is C14H30N2O4. The predicted octanol–water partition coefficient (Wildman–Crippen LogP) is 0.111. The molecule has 1 atom stereocenters. The highest BCUT2D eigenvalue weighted by Gasteiger charge is 2.22. The van der Waals surface area contributed by atoms with Crippen LogP contribution in [-0.4, -0.2) is 65.6 Å². The van der Waals surface area contributed by atoms with Crippen molar-refractivity contribution in [2.75, 3.05) is 26.2 Å². The van der Waals surface area contributed by atoms with E-state index in [0.29, 0.717) is 13.2 Å². The van der Waals surface area contributed by atoms with Gasteiger partial charge in [0.1, 0.15) is 6.29 Å². The molecule has 0 saturated heterocycles. The SMILES string of the molecule is CC(C)(C)OCC(CCCCN)N(CC=O)CC(O)O. The zero-order valence-electron chi connectivity index (χ0n) is 12.9. The lowest BCUT2D eigenvalue weighted by Crippen LogP contribution is -2.45. The van der Waals surface area contributed by atoms with Crippen LogP contribution in [-0.2, 0) is 9.53 Å². The average Bonchev–Trinajstić information content (AvgIpc) is 2.31. The molecule has 4 N–H and O–H groups in total. The van der Waals surface area contributed by atoms with E-state index in [4.69, 9.17) is 20.7 Å². The van der Waals surface area contributed by atoms with Crippen LogP contribution < -0.4 is 5.73 Å². The van der Waals surface area contributed by atoms with Crippen molar-refractivity contribution in [1.29, 1.82) is 0 Å². The van der Waals surface area contributed by atoms with Gasteiger partial charge in [0.2, 0.25) is 0 Å². The fraction of sp³-hybridized carbons (Fsp3) is 0.929. The van der Waals surface area contributed by atoms with E-state index in [1.54, 1.807) is 4.90 Å². The summed E-state index contributed by atoms with van der Waals surface area (Å²) in [7, 11) is 0. The Balaban J connectivity index is 4.60. The number of hydrogen-bond acceptors (Lipinski definition) is 6. The van der Waals surface area contributed by atoms with Gasteiger partial charge in [0.15, 0.2) is 6.29 Å². The van der Waals surface area contributed by atoms with Gasteiger partial charge in [-0.05, 0) is 40.2 Å². The first-order chi connectivity index (χ1) is 9.30. The van der Waals surface area contributed by atoms with E-state index < -0.39 is 6.29 Å². The molecule has 0 spiro atoms.